The molecule has 0 atom stereocenters. The third-order valence-electron chi connectivity index (χ3n) is 3.28. The first kappa shape index (κ1) is 16.9. The first-order valence-electron chi connectivity index (χ1n) is 7.71. The summed E-state index contributed by atoms with van der Waals surface area (Å²) in [6.07, 6.45) is 0. The van der Waals surface area contributed by atoms with Crippen LogP contribution in [0.1, 0.15) is 48.2 Å². The van der Waals surface area contributed by atoms with Crippen molar-refractivity contribution >= 4 is 11.7 Å². The number of hydrogen-bond acceptors (Lipinski definition) is 4. The van der Waals surface area contributed by atoms with Gasteiger partial charge in [-0.05, 0) is 45.7 Å². The lowest BCUT2D eigenvalue weighted by Crippen LogP contribution is -2.41. The largest absolute Gasteiger partial charge is 0.366 e. The average Bonchev–Trinajstić information content (AvgIpc) is 2.44. The van der Waals surface area contributed by atoms with Crippen LogP contribution in [-0.2, 0) is 6.54 Å². The standard InChI is InChI=1S/C18H24N4O/c1-12-8-6-7-9-14(12)11-19-16-10-15(20-13(2)21-16)17(23)22-18(3,4)5/h6-10H,11H2,1-5H3,(H,22,23)(H,19,20,21). The Labute approximate surface area is 137 Å². The molecule has 0 spiro atoms. The molecule has 0 aliphatic heterocycles. The maximum atomic E-state index is 12.3. The number of rotatable bonds is 4. The topological polar surface area (TPSA) is 66.9 Å². The van der Waals surface area contributed by atoms with Crippen molar-refractivity contribution in [3.8, 4) is 0 Å². The maximum Gasteiger partial charge on any atom is 0.270 e. The number of carbonyl (C=O) groups is 1. The van der Waals surface area contributed by atoms with Crippen LogP contribution in [0.2, 0.25) is 0 Å². The van der Waals surface area contributed by atoms with E-state index in [1.165, 1.54) is 11.1 Å². The van der Waals surface area contributed by atoms with Crippen molar-refractivity contribution in [2.24, 2.45) is 0 Å². The number of aryl methyl sites for hydroxylation is 2. The van der Waals surface area contributed by atoms with Gasteiger partial charge in [0, 0.05) is 18.2 Å². The molecule has 0 saturated carbocycles. The second-order valence-electron chi connectivity index (χ2n) is 6.67. The van der Waals surface area contributed by atoms with Gasteiger partial charge in [-0.2, -0.15) is 0 Å². The summed E-state index contributed by atoms with van der Waals surface area (Å²) >= 11 is 0. The van der Waals surface area contributed by atoms with E-state index in [1.807, 2.05) is 32.9 Å². The Kier molecular flexibility index (Phi) is 4.98. The summed E-state index contributed by atoms with van der Waals surface area (Å²) in [6.45, 7) is 10.3. The molecule has 1 heterocycles. The van der Waals surface area contributed by atoms with Crippen LogP contribution in [0.3, 0.4) is 0 Å². The smallest absolute Gasteiger partial charge is 0.270 e. The van der Waals surface area contributed by atoms with E-state index < -0.39 is 0 Å². The molecule has 2 N–H and O–H groups in total. The molecule has 122 valence electrons. The van der Waals surface area contributed by atoms with Crippen LogP contribution < -0.4 is 10.6 Å². The zero-order chi connectivity index (χ0) is 17.0. The van der Waals surface area contributed by atoms with Crippen molar-refractivity contribution in [3.63, 3.8) is 0 Å². The van der Waals surface area contributed by atoms with Crippen LogP contribution in [0, 0.1) is 13.8 Å². The van der Waals surface area contributed by atoms with Gasteiger partial charge in [0.2, 0.25) is 0 Å². The van der Waals surface area contributed by atoms with E-state index >= 15 is 0 Å². The van der Waals surface area contributed by atoms with E-state index in [4.69, 9.17) is 0 Å². The Morgan fingerprint density at radius 3 is 2.48 bits per heavy atom. The summed E-state index contributed by atoms with van der Waals surface area (Å²) in [5.74, 6) is 1.03. The summed E-state index contributed by atoms with van der Waals surface area (Å²) < 4.78 is 0. The fourth-order valence-electron chi connectivity index (χ4n) is 2.17. The highest BCUT2D eigenvalue weighted by molar-refractivity contribution is 5.93. The van der Waals surface area contributed by atoms with Gasteiger partial charge in [-0.15, -0.1) is 0 Å². The first-order chi connectivity index (χ1) is 10.7. The van der Waals surface area contributed by atoms with Crippen LogP contribution in [-0.4, -0.2) is 21.4 Å². The molecule has 2 aromatic rings. The lowest BCUT2D eigenvalue weighted by atomic mass is 10.1. The van der Waals surface area contributed by atoms with Crippen LogP contribution in [0.5, 0.6) is 0 Å². The summed E-state index contributed by atoms with van der Waals surface area (Å²) in [4.78, 5) is 20.8. The molecule has 0 aliphatic carbocycles. The number of aromatic nitrogens is 2. The van der Waals surface area contributed by atoms with Gasteiger partial charge in [0.15, 0.2) is 0 Å². The predicted octanol–water partition coefficient (Wildman–Crippen LogP) is 3.23. The van der Waals surface area contributed by atoms with Gasteiger partial charge in [0.25, 0.3) is 5.91 Å². The number of amides is 1. The lowest BCUT2D eigenvalue weighted by molar-refractivity contribution is 0.0914. The van der Waals surface area contributed by atoms with Gasteiger partial charge in [-0.1, -0.05) is 24.3 Å². The van der Waals surface area contributed by atoms with E-state index in [0.717, 1.165) is 0 Å². The number of benzene rings is 1. The van der Waals surface area contributed by atoms with E-state index in [2.05, 4.69) is 39.7 Å². The van der Waals surface area contributed by atoms with Crippen LogP contribution in [0.4, 0.5) is 5.82 Å². The second kappa shape index (κ2) is 6.77. The van der Waals surface area contributed by atoms with E-state index in [1.54, 1.807) is 13.0 Å². The molecular formula is C18H24N4O. The number of anilines is 1. The molecule has 2 rings (SSSR count). The zero-order valence-corrected chi connectivity index (χ0v) is 14.4. The Bertz CT molecular complexity index is 704. The van der Waals surface area contributed by atoms with Gasteiger partial charge in [-0.25, -0.2) is 9.97 Å². The SMILES string of the molecule is Cc1nc(NCc2ccccc2C)cc(C(=O)NC(C)(C)C)n1. The molecule has 5 nitrogen and oxygen atoms in total. The Balaban J connectivity index is 2.14. The Morgan fingerprint density at radius 2 is 1.83 bits per heavy atom. The highest BCUT2D eigenvalue weighted by atomic mass is 16.2. The second-order valence-corrected chi connectivity index (χ2v) is 6.67. The van der Waals surface area contributed by atoms with Crippen molar-refractivity contribution in [1.82, 2.24) is 15.3 Å². The first-order valence-corrected chi connectivity index (χ1v) is 7.71. The van der Waals surface area contributed by atoms with Gasteiger partial charge in [0.05, 0.1) is 0 Å². The fourth-order valence-corrected chi connectivity index (χ4v) is 2.17. The number of nitrogens with one attached hydrogen (secondary N) is 2. The summed E-state index contributed by atoms with van der Waals surface area (Å²) in [5, 5.41) is 6.19. The quantitative estimate of drug-likeness (QED) is 0.909. The summed E-state index contributed by atoms with van der Waals surface area (Å²) in [5.41, 5.74) is 2.49. The van der Waals surface area contributed by atoms with Gasteiger partial charge < -0.3 is 10.6 Å². The molecule has 0 bridgehead atoms. The molecule has 0 aliphatic rings. The molecule has 1 amide bonds. The summed E-state index contributed by atoms with van der Waals surface area (Å²) in [7, 11) is 0. The van der Waals surface area contributed by atoms with Crippen LogP contribution >= 0.6 is 0 Å². The van der Waals surface area contributed by atoms with Gasteiger partial charge in [0.1, 0.15) is 17.3 Å². The molecule has 0 radical (unpaired) electrons. The minimum Gasteiger partial charge on any atom is -0.366 e. The lowest BCUT2D eigenvalue weighted by Gasteiger charge is -2.20. The van der Waals surface area contributed by atoms with Crippen molar-refractivity contribution in [2.75, 3.05) is 5.32 Å². The molecule has 1 aromatic heterocycles. The van der Waals surface area contributed by atoms with Gasteiger partial charge >= 0.3 is 0 Å². The van der Waals surface area contributed by atoms with Crippen molar-refractivity contribution < 1.29 is 4.79 Å². The van der Waals surface area contributed by atoms with E-state index in [0.29, 0.717) is 23.9 Å². The third kappa shape index (κ3) is 5.06. The minimum absolute atomic E-state index is 0.193. The number of nitrogens with zero attached hydrogens (tertiary/aromatic N) is 2. The summed E-state index contributed by atoms with van der Waals surface area (Å²) in [6, 6.07) is 9.86. The van der Waals surface area contributed by atoms with Crippen LogP contribution in [0.25, 0.3) is 0 Å². The maximum absolute atomic E-state index is 12.3. The number of carbonyl (C=O) groups excluding carboxylic acids is 1. The number of hydrogen-bond donors (Lipinski definition) is 2. The van der Waals surface area contributed by atoms with Gasteiger partial charge in [-0.3, -0.25) is 4.79 Å². The normalized spacial score (nSPS) is 11.2. The molecule has 1 aromatic carbocycles. The van der Waals surface area contributed by atoms with Crippen molar-refractivity contribution in [3.05, 3.63) is 53.0 Å². The molecule has 5 heteroatoms. The Hall–Kier alpha value is -2.43. The molecule has 0 saturated heterocycles. The van der Waals surface area contributed by atoms with E-state index in [-0.39, 0.29) is 11.4 Å². The van der Waals surface area contributed by atoms with Crippen molar-refractivity contribution in [2.45, 2.75) is 46.7 Å². The van der Waals surface area contributed by atoms with Crippen molar-refractivity contribution in [1.29, 1.82) is 0 Å². The Morgan fingerprint density at radius 1 is 1.13 bits per heavy atom. The zero-order valence-electron chi connectivity index (χ0n) is 14.4. The fraction of sp³-hybridized carbons (Fsp3) is 0.389. The highest BCUT2D eigenvalue weighted by Gasteiger charge is 2.17. The highest BCUT2D eigenvalue weighted by Crippen LogP contribution is 2.12. The average molecular weight is 312 g/mol. The molecular weight excluding hydrogens is 288 g/mol. The molecule has 0 unspecified atom stereocenters. The predicted molar refractivity (Wildman–Crippen MR) is 92.5 cm³/mol. The molecule has 23 heavy (non-hydrogen) atoms. The monoisotopic (exact) mass is 312 g/mol. The van der Waals surface area contributed by atoms with Crippen LogP contribution in [0.15, 0.2) is 30.3 Å². The van der Waals surface area contributed by atoms with E-state index in [9.17, 15) is 4.79 Å². The minimum atomic E-state index is -0.301. The molecule has 0 fully saturated rings. The third-order valence-corrected chi connectivity index (χ3v) is 3.28.